The Balaban J connectivity index is 1.95. The van der Waals surface area contributed by atoms with Crippen LogP contribution >= 0.6 is 0 Å². The van der Waals surface area contributed by atoms with Crippen LogP contribution in [0.1, 0.15) is 52.0 Å². The Bertz CT molecular complexity index is 381. The Morgan fingerprint density at radius 1 is 1.11 bits per heavy atom. The van der Waals surface area contributed by atoms with Gasteiger partial charge in [0, 0.05) is 11.2 Å². The molecule has 1 heterocycles. The second-order valence-electron chi connectivity index (χ2n) is 6.71. The monoisotopic (exact) mass is 260 g/mol. The van der Waals surface area contributed by atoms with Gasteiger partial charge in [-0.1, -0.05) is 19.1 Å². The zero-order valence-corrected chi connectivity index (χ0v) is 12.9. The molecule has 1 aliphatic heterocycles. The predicted octanol–water partition coefficient (Wildman–Crippen LogP) is 4.10. The minimum absolute atomic E-state index is 0.133. The minimum Gasteiger partial charge on any atom is -0.380 e. The normalized spacial score (nSPS) is 18.5. The number of nitrogens with one attached hydrogen (secondary N) is 1. The zero-order chi connectivity index (χ0) is 13.9. The molecule has 2 rings (SSSR count). The topological polar surface area (TPSA) is 15.3 Å². The van der Waals surface area contributed by atoms with Crippen molar-refractivity contribution in [3.8, 4) is 0 Å². The molecule has 0 aromatic heterocycles. The Morgan fingerprint density at radius 3 is 2.16 bits per heavy atom. The molecule has 0 atom stereocenters. The van der Waals surface area contributed by atoms with E-state index in [2.05, 4.69) is 62.2 Å². The molecule has 1 aliphatic rings. The summed E-state index contributed by atoms with van der Waals surface area (Å²) in [6.07, 6.45) is 2.61. The lowest BCUT2D eigenvalue weighted by atomic mass is 9.89. The molecule has 1 N–H and O–H groups in total. The largest absolute Gasteiger partial charge is 0.380 e. The van der Waals surface area contributed by atoms with E-state index in [1.165, 1.54) is 43.7 Å². The van der Waals surface area contributed by atoms with Crippen LogP contribution in [0.15, 0.2) is 24.3 Å². The van der Waals surface area contributed by atoms with E-state index < -0.39 is 0 Å². The van der Waals surface area contributed by atoms with Gasteiger partial charge in [0.25, 0.3) is 0 Å². The Hall–Kier alpha value is -1.02. The summed E-state index contributed by atoms with van der Waals surface area (Å²) < 4.78 is 0. The average molecular weight is 260 g/mol. The molecule has 2 nitrogen and oxygen atoms in total. The van der Waals surface area contributed by atoms with Crippen molar-refractivity contribution in [2.45, 2.75) is 52.0 Å². The number of anilines is 1. The first-order valence-corrected chi connectivity index (χ1v) is 7.58. The lowest BCUT2D eigenvalue weighted by Crippen LogP contribution is -2.32. The molecular weight excluding hydrogens is 232 g/mol. The van der Waals surface area contributed by atoms with Gasteiger partial charge in [0.05, 0.1) is 0 Å². The summed E-state index contributed by atoms with van der Waals surface area (Å²) in [6.45, 7) is 12.5. The van der Waals surface area contributed by atoms with Crippen molar-refractivity contribution < 1.29 is 0 Å². The third-order valence-corrected chi connectivity index (χ3v) is 3.94. The first kappa shape index (κ1) is 14.4. The van der Waals surface area contributed by atoms with Gasteiger partial charge in [-0.05, 0) is 76.9 Å². The Labute approximate surface area is 118 Å². The van der Waals surface area contributed by atoms with Gasteiger partial charge < -0.3 is 10.2 Å². The van der Waals surface area contributed by atoms with Crippen LogP contribution in [-0.2, 0) is 0 Å². The maximum Gasteiger partial charge on any atom is 0.0344 e. The molecule has 1 aromatic rings. The molecule has 0 amide bonds. The van der Waals surface area contributed by atoms with Crippen LogP contribution in [0.25, 0.3) is 0 Å². The number of hydrogen-bond acceptors (Lipinski definition) is 2. The fourth-order valence-corrected chi connectivity index (χ4v) is 2.85. The first-order valence-electron chi connectivity index (χ1n) is 7.58. The summed E-state index contributed by atoms with van der Waals surface area (Å²) in [6, 6.07) is 9.07. The van der Waals surface area contributed by atoms with E-state index in [1.54, 1.807) is 0 Å². The highest BCUT2D eigenvalue weighted by atomic mass is 15.1. The lowest BCUT2D eigenvalue weighted by molar-refractivity contribution is 0.222. The smallest absolute Gasteiger partial charge is 0.0344 e. The van der Waals surface area contributed by atoms with Gasteiger partial charge >= 0.3 is 0 Å². The van der Waals surface area contributed by atoms with Crippen molar-refractivity contribution >= 4 is 5.69 Å². The molecule has 1 saturated heterocycles. The van der Waals surface area contributed by atoms with E-state index in [1.807, 2.05) is 0 Å². The molecule has 0 aliphatic carbocycles. The van der Waals surface area contributed by atoms with Crippen LogP contribution in [0.5, 0.6) is 0 Å². The van der Waals surface area contributed by atoms with Crippen LogP contribution in [0.3, 0.4) is 0 Å². The predicted molar refractivity (Wildman–Crippen MR) is 83.9 cm³/mol. The number of rotatable bonds is 3. The van der Waals surface area contributed by atoms with Crippen LogP contribution in [-0.4, -0.2) is 30.1 Å². The number of piperidine rings is 1. The first-order chi connectivity index (χ1) is 8.98. The third-order valence-electron chi connectivity index (χ3n) is 3.94. The molecule has 0 radical (unpaired) electrons. The number of nitrogens with zero attached hydrogens (tertiary/aromatic N) is 1. The van der Waals surface area contributed by atoms with E-state index >= 15 is 0 Å². The third kappa shape index (κ3) is 4.24. The molecule has 0 unspecified atom stereocenters. The van der Waals surface area contributed by atoms with Gasteiger partial charge in [0.1, 0.15) is 0 Å². The van der Waals surface area contributed by atoms with E-state index in [9.17, 15) is 0 Å². The highest BCUT2D eigenvalue weighted by molar-refractivity contribution is 5.47. The van der Waals surface area contributed by atoms with E-state index in [0.29, 0.717) is 0 Å². The fourth-order valence-electron chi connectivity index (χ4n) is 2.85. The maximum atomic E-state index is 3.52. The second-order valence-corrected chi connectivity index (χ2v) is 6.71. The van der Waals surface area contributed by atoms with Crippen LogP contribution < -0.4 is 5.32 Å². The highest BCUT2D eigenvalue weighted by Crippen LogP contribution is 2.29. The van der Waals surface area contributed by atoms with Crippen molar-refractivity contribution in [2.24, 2.45) is 0 Å². The molecule has 2 heteroatoms. The second kappa shape index (κ2) is 5.96. The maximum absolute atomic E-state index is 3.52. The molecule has 1 fully saturated rings. The standard InChI is InChI=1S/C17H28N2/c1-5-19-12-10-15(11-13-19)14-6-8-16(9-7-14)18-17(2,3)4/h6-9,15,18H,5,10-13H2,1-4H3. The fraction of sp³-hybridized carbons (Fsp3) is 0.647. The van der Waals surface area contributed by atoms with Gasteiger partial charge in [0.15, 0.2) is 0 Å². The van der Waals surface area contributed by atoms with E-state index in [4.69, 9.17) is 0 Å². The van der Waals surface area contributed by atoms with E-state index in [-0.39, 0.29) is 5.54 Å². The molecule has 1 aromatic carbocycles. The SMILES string of the molecule is CCN1CCC(c2ccc(NC(C)(C)C)cc2)CC1. The van der Waals surface area contributed by atoms with Crippen LogP contribution in [0.2, 0.25) is 0 Å². The van der Waals surface area contributed by atoms with E-state index in [0.717, 1.165) is 5.92 Å². The molecule has 0 bridgehead atoms. The van der Waals surface area contributed by atoms with Crippen molar-refractivity contribution in [3.05, 3.63) is 29.8 Å². The van der Waals surface area contributed by atoms with Gasteiger partial charge in [-0.2, -0.15) is 0 Å². The van der Waals surface area contributed by atoms with Crippen molar-refractivity contribution in [2.75, 3.05) is 25.0 Å². The van der Waals surface area contributed by atoms with Crippen molar-refractivity contribution in [1.82, 2.24) is 4.90 Å². The zero-order valence-electron chi connectivity index (χ0n) is 12.9. The average Bonchev–Trinajstić information content (AvgIpc) is 2.38. The van der Waals surface area contributed by atoms with Gasteiger partial charge in [-0.3, -0.25) is 0 Å². The van der Waals surface area contributed by atoms with Crippen LogP contribution in [0, 0.1) is 0 Å². The number of hydrogen-bond donors (Lipinski definition) is 1. The summed E-state index contributed by atoms with van der Waals surface area (Å²) in [7, 11) is 0. The van der Waals surface area contributed by atoms with Crippen molar-refractivity contribution in [3.63, 3.8) is 0 Å². The minimum atomic E-state index is 0.133. The molecule has 106 valence electrons. The van der Waals surface area contributed by atoms with Crippen molar-refractivity contribution in [1.29, 1.82) is 0 Å². The number of benzene rings is 1. The van der Waals surface area contributed by atoms with Crippen LogP contribution in [0.4, 0.5) is 5.69 Å². The highest BCUT2D eigenvalue weighted by Gasteiger charge is 2.19. The summed E-state index contributed by atoms with van der Waals surface area (Å²) in [4.78, 5) is 2.55. The molecule has 19 heavy (non-hydrogen) atoms. The van der Waals surface area contributed by atoms with Gasteiger partial charge in [-0.25, -0.2) is 0 Å². The summed E-state index contributed by atoms with van der Waals surface area (Å²) in [5.74, 6) is 0.756. The number of likely N-dealkylation sites (tertiary alicyclic amines) is 1. The summed E-state index contributed by atoms with van der Waals surface area (Å²) >= 11 is 0. The molecular formula is C17H28N2. The quantitative estimate of drug-likeness (QED) is 0.880. The summed E-state index contributed by atoms with van der Waals surface area (Å²) in [5, 5.41) is 3.52. The Kier molecular flexibility index (Phi) is 4.51. The lowest BCUT2D eigenvalue weighted by Gasteiger charge is -2.31. The van der Waals surface area contributed by atoms with Gasteiger partial charge in [0.2, 0.25) is 0 Å². The summed E-state index contributed by atoms with van der Waals surface area (Å²) in [5.41, 5.74) is 2.87. The Morgan fingerprint density at radius 2 is 1.68 bits per heavy atom. The molecule has 0 saturated carbocycles. The molecule has 0 spiro atoms. The van der Waals surface area contributed by atoms with Gasteiger partial charge in [-0.15, -0.1) is 0 Å².